The van der Waals surface area contributed by atoms with Gasteiger partial charge in [0.05, 0.1) is 20.8 Å². The first-order chi connectivity index (χ1) is 13.8. The highest BCUT2D eigenvalue weighted by Gasteiger charge is 2.35. The summed E-state index contributed by atoms with van der Waals surface area (Å²) in [5.41, 5.74) is 1.72. The van der Waals surface area contributed by atoms with E-state index in [4.69, 9.17) is 18.9 Å². The van der Waals surface area contributed by atoms with Gasteiger partial charge in [0.2, 0.25) is 5.75 Å². The standard InChI is InChI=1S/C22H25NO6/c1-6-28-21(25)22(2,3)29-18-14(10-11-17(26-4)19(18)27-5)13-8-7-9-15-16(13)12-23-20(15)24/h7-11H,6,12H2,1-5H3,(H,23,24). The van der Waals surface area contributed by atoms with Crippen LogP contribution in [0.4, 0.5) is 0 Å². The number of hydrogen-bond acceptors (Lipinski definition) is 6. The third kappa shape index (κ3) is 3.72. The van der Waals surface area contributed by atoms with Crippen molar-refractivity contribution in [2.24, 2.45) is 0 Å². The zero-order valence-electron chi connectivity index (χ0n) is 17.3. The summed E-state index contributed by atoms with van der Waals surface area (Å²) in [4.78, 5) is 24.5. The molecule has 0 atom stereocenters. The molecule has 2 aromatic rings. The van der Waals surface area contributed by atoms with Crippen LogP contribution in [0.25, 0.3) is 11.1 Å². The second-order valence-corrected chi connectivity index (χ2v) is 7.02. The maximum Gasteiger partial charge on any atom is 0.349 e. The number of esters is 1. The number of carbonyl (C=O) groups excluding carboxylic acids is 2. The maximum atomic E-state index is 12.4. The Hall–Kier alpha value is -3.22. The van der Waals surface area contributed by atoms with Crippen LogP contribution in [0.1, 0.15) is 36.7 Å². The van der Waals surface area contributed by atoms with Crippen molar-refractivity contribution >= 4 is 11.9 Å². The van der Waals surface area contributed by atoms with Gasteiger partial charge in [0.15, 0.2) is 17.1 Å². The minimum Gasteiger partial charge on any atom is -0.493 e. The fourth-order valence-electron chi connectivity index (χ4n) is 3.32. The Bertz CT molecular complexity index is 951. The summed E-state index contributed by atoms with van der Waals surface area (Å²) in [7, 11) is 3.03. The zero-order valence-corrected chi connectivity index (χ0v) is 17.3. The molecule has 0 aromatic heterocycles. The lowest BCUT2D eigenvalue weighted by atomic mass is 9.95. The molecule has 7 nitrogen and oxygen atoms in total. The number of amides is 1. The predicted molar refractivity (Wildman–Crippen MR) is 107 cm³/mol. The fraction of sp³-hybridized carbons (Fsp3) is 0.364. The first kappa shape index (κ1) is 20.5. The van der Waals surface area contributed by atoms with Crippen molar-refractivity contribution < 1.29 is 28.5 Å². The van der Waals surface area contributed by atoms with E-state index < -0.39 is 11.6 Å². The fourth-order valence-corrected chi connectivity index (χ4v) is 3.32. The van der Waals surface area contributed by atoms with Gasteiger partial charge in [-0.25, -0.2) is 4.79 Å². The molecule has 154 valence electrons. The summed E-state index contributed by atoms with van der Waals surface area (Å²) >= 11 is 0. The van der Waals surface area contributed by atoms with Crippen LogP contribution >= 0.6 is 0 Å². The van der Waals surface area contributed by atoms with E-state index in [0.29, 0.717) is 34.9 Å². The van der Waals surface area contributed by atoms with E-state index >= 15 is 0 Å². The molecule has 2 aromatic carbocycles. The summed E-state index contributed by atoms with van der Waals surface area (Å²) in [6, 6.07) is 9.10. The molecule has 1 heterocycles. The van der Waals surface area contributed by atoms with Gasteiger partial charge in [-0.15, -0.1) is 0 Å². The summed E-state index contributed by atoms with van der Waals surface area (Å²) in [6.45, 7) is 5.66. The van der Waals surface area contributed by atoms with Crippen LogP contribution in [0.2, 0.25) is 0 Å². The first-order valence-corrected chi connectivity index (χ1v) is 9.35. The van der Waals surface area contributed by atoms with Crippen molar-refractivity contribution in [3.05, 3.63) is 41.5 Å². The summed E-state index contributed by atoms with van der Waals surface area (Å²) in [5, 5.41) is 2.84. The average molecular weight is 399 g/mol. The lowest BCUT2D eigenvalue weighted by Crippen LogP contribution is -2.40. The van der Waals surface area contributed by atoms with Gasteiger partial charge < -0.3 is 24.3 Å². The van der Waals surface area contributed by atoms with E-state index in [0.717, 1.165) is 11.1 Å². The average Bonchev–Trinajstić information content (AvgIpc) is 3.08. The molecule has 3 rings (SSSR count). The summed E-state index contributed by atoms with van der Waals surface area (Å²) < 4.78 is 22.3. The van der Waals surface area contributed by atoms with E-state index in [9.17, 15) is 9.59 Å². The number of carbonyl (C=O) groups is 2. The van der Waals surface area contributed by atoms with Crippen molar-refractivity contribution in [1.82, 2.24) is 5.32 Å². The third-order valence-electron chi connectivity index (χ3n) is 4.76. The zero-order chi connectivity index (χ0) is 21.2. The number of rotatable bonds is 7. The highest BCUT2D eigenvalue weighted by molar-refractivity contribution is 6.01. The van der Waals surface area contributed by atoms with Gasteiger partial charge in [-0.05, 0) is 50.1 Å². The predicted octanol–water partition coefficient (Wildman–Crippen LogP) is 3.33. The highest BCUT2D eigenvalue weighted by Crippen LogP contribution is 2.47. The molecule has 0 bridgehead atoms. The molecule has 0 fully saturated rings. The van der Waals surface area contributed by atoms with Gasteiger partial charge >= 0.3 is 5.97 Å². The second kappa shape index (κ2) is 8.03. The molecule has 1 amide bonds. The molecule has 1 aliphatic heterocycles. The first-order valence-electron chi connectivity index (χ1n) is 9.35. The topological polar surface area (TPSA) is 83.1 Å². The lowest BCUT2D eigenvalue weighted by Gasteiger charge is -2.27. The van der Waals surface area contributed by atoms with Crippen molar-refractivity contribution in [3.8, 4) is 28.4 Å². The van der Waals surface area contributed by atoms with Crippen molar-refractivity contribution in [1.29, 1.82) is 0 Å². The number of methoxy groups -OCH3 is 2. The molecule has 1 N–H and O–H groups in total. The van der Waals surface area contributed by atoms with Crippen LogP contribution in [-0.2, 0) is 16.1 Å². The van der Waals surface area contributed by atoms with Gasteiger partial charge in [-0.1, -0.05) is 12.1 Å². The van der Waals surface area contributed by atoms with E-state index in [1.807, 2.05) is 18.2 Å². The van der Waals surface area contributed by atoms with E-state index in [2.05, 4.69) is 5.32 Å². The molecule has 0 aliphatic carbocycles. The minimum absolute atomic E-state index is 0.114. The highest BCUT2D eigenvalue weighted by atomic mass is 16.6. The number of hydrogen-bond donors (Lipinski definition) is 1. The number of ether oxygens (including phenoxy) is 4. The molecular weight excluding hydrogens is 374 g/mol. The third-order valence-corrected chi connectivity index (χ3v) is 4.76. The smallest absolute Gasteiger partial charge is 0.349 e. The Kier molecular flexibility index (Phi) is 5.68. The largest absolute Gasteiger partial charge is 0.493 e. The van der Waals surface area contributed by atoms with Crippen LogP contribution in [0.5, 0.6) is 17.2 Å². The Morgan fingerprint density at radius 1 is 1.03 bits per heavy atom. The number of nitrogens with one attached hydrogen (secondary N) is 1. The SMILES string of the molecule is CCOC(=O)C(C)(C)Oc1c(-c2cccc3c2CNC3=O)ccc(OC)c1OC. The minimum atomic E-state index is -1.27. The number of fused-ring (bicyclic) bond motifs is 1. The molecular formula is C22H25NO6. The molecule has 0 saturated heterocycles. The Morgan fingerprint density at radius 3 is 2.41 bits per heavy atom. The van der Waals surface area contributed by atoms with Crippen molar-refractivity contribution in [2.75, 3.05) is 20.8 Å². The van der Waals surface area contributed by atoms with Gasteiger partial charge in [0.1, 0.15) is 0 Å². The lowest BCUT2D eigenvalue weighted by molar-refractivity contribution is -0.158. The molecule has 0 unspecified atom stereocenters. The molecule has 0 saturated carbocycles. The van der Waals surface area contributed by atoms with Crippen LogP contribution in [0, 0.1) is 0 Å². The van der Waals surface area contributed by atoms with E-state index in [-0.39, 0.29) is 12.5 Å². The summed E-state index contributed by atoms with van der Waals surface area (Å²) in [5.74, 6) is 0.560. The maximum absolute atomic E-state index is 12.4. The van der Waals surface area contributed by atoms with Gasteiger partial charge in [-0.2, -0.15) is 0 Å². The second-order valence-electron chi connectivity index (χ2n) is 7.02. The molecule has 0 spiro atoms. The van der Waals surface area contributed by atoms with Crippen LogP contribution in [0.3, 0.4) is 0 Å². The Labute approximate surface area is 169 Å². The number of benzene rings is 2. The normalized spacial score (nSPS) is 12.8. The summed E-state index contributed by atoms with van der Waals surface area (Å²) in [6.07, 6.45) is 0. The van der Waals surface area contributed by atoms with Crippen LogP contribution in [0.15, 0.2) is 30.3 Å². The van der Waals surface area contributed by atoms with Crippen LogP contribution in [-0.4, -0.2) is 38.3 Å². The molecule has 1 aliphatic rings. The van der Waals surface area contributed by atoms with Gasteiger partial charge in [0.25, 0.3) is 5.91 Å². The molecule has 7 heteroatoms. The van der Waals surface area contributed by atoms with Gasteiger partial charge in [0, 0.05) is 17.7 Å². The van der Waals surface area contributed by atoms with Crippen molar-refractivity contribution in [2.45, 2.75) is 32.9 Å². The molecule has 29 heavy (non-hydrogen) atoms. The van der Waals surface area contributed by atoms with Gasteiger partial charge in [-0.3, -0.25) is 4.79 Å². The van der Waals surface area contributed by atoms with Crippen LogP contribution < -0.4 is 19.5 Å². The quantitative estimate of drug-likeness (QED) is 0.719. The Morgan fingerprint density at radius 2 is 1.76 bits per heavy atom. The van der Waals surface area contributed by atoms with E-state index in [1.165, 1.54) is 14.2 Å². The Balaban J connectivity index is 2.19. The van der Waals surface area contributed by atoms with Crippen molar-refractivity contribution in [3.63, 3.8) is 0 Å². The van der Waals surface area contributed by atoms with E-state index in [1.54, 1.807) is 32.9 Å². The monoisotopic (exact) mass is 399 g/mol. The molecule has 0 radical (unpaired) electrons.